The van der Waals surface area contributed by atoms with Crippen molar-refractivity contribution in [3.05, 3.63) is 175 Å². The van der Waals surface area contributed by atoms with Crippen molar-refractivity contribution in [3.63, 3.8) is 0 Å². The van der Waals surface area contributed by atoms with Gasteiger partial charge in [0.15, 0.2) is 0 Å². The Balaban J connectivity index is 1.50. The fourth-order valence-electron chi connectivity index (χ4n) is 10.5. The molecule has 0 bridgehead atoms. The van der Waals surface area contributed by atoms with Crippen molar-refractivity contribution in [2.24, 2.45) is 0 Å². The number of aryl methyl sites for hydroxylation is 10. The summed E-state index contributed by atoms with van der Waals surface area (Å²) in [6, 6.07) is 39.7. The Kier molecular flexibility index (Phi) is 9.95. The maximum Gasteiger partial charge on any atom is 0.0238 e. The van der Waals surface area contributed by atoms with Crippen LogP contribution in [0.4, 0.5) is 0 Å². The van der Waals surface area contributed by atoms with Crippen LogP contribution in [0.2, 0.25) is 0 Å². The van der Waals surface area contributed by atoms with Crippen molar-refractivity contribution in [3.8, 4) is 0 Å². The molecule has 1 spiro atoms. The van der Waals surface area contributed by atoms with E-state index in [1.165, 1.54) is 76.9 Å². The van der Waals surface area contributed by atoms with Gasteiger partial charge in [-0.1, -0.05) is 136 Å². The molecule has 2 heteroatoms. The van der Waals surface area contributed by atoms with Gasteiger partial charge in [-0.3, -0.25) is 0 Å². The largest absolute Gasteiger partial charge is 0.0584 e. The van der Waals surface area contributed by atoms with Crippen LogP contribution in [0.3, 0.4) is 0 Å². The first kappa shape index (κ1) is 40.0. The lowest BCUT2D eigenvalue weighted by atomic mass is 9.72. The van der Waals surface area contributed by atoms with Gasteiger partial charge < -0.3 is 0 Å². The van der Waals surface area contributed by atoms with E-state index in [0.717, 1.165) is 12.8 Å². The molecular formula is C55H62P2. The summed E-state index contributed by atoms with van der Waals surface area (Å²) in [7, 11) is -1.71. The molecule has 0 unspecified atom stereocenters. The molecule has 6 aromatic carbocycles. The van der Waals surface area contributed by atoms with E-state index in [0.29, 0.717) is 0 Å². The van der Waals surface area contributed by atoms with Gasteiger partial charge >= 0.3 is 0 Å². The zero-order valence-electron chi connectivity index (χ0n) is 37.0. The van der Waals surface area contributed by atoms with Gasteiger partial charge in [-0.25, -0.2) is 0 Å². The lowest BCUT2D eigenvalue weighted by molar-refractivity contribution is 0.351. The average molecular weight is 785 g/mol. The Labute approximate surface area is 347 Å². The summed E-state index contributed by atoms with van der Waals surface area (Å²) in [4.78, 5) is 0. The molecule has 0 atom stereocenters. The van der Waals surface area contributed by atoms with Crippen LogP contribution in [-0.2, 0) is 16.2 Å². The molecule has 0 saturated heterocycles. The molecule has 292 valence electrons. The Morgan fingerprint density at radius 3 is 0.895 bits per heavy atom. The number of hydrogen-bond acceptors (Lipinski definition) is 0. The van der Waals surface area contributed by atoms with Gasteiger partial charge in [0.1, 0.15) is 0 Å². The fourth-order valence-corrected chi connectivity index (χ4v) is 16.2. The zero-order chi connectivity index (χ0) is 40.9. The smallest absolute Gasteiger partial charge is 0.0238 e. The van der Waals surface area contributed by atoms with Gasteiger partial charge in [-0.2, -0.15) is 0 Å². The molecule has 0 aliphatic heterocycles. The SMILES string of the molecule is Cc1cc(P(c2ccc(C)c(C)c2)c2ccc(C)c(C)c2)c2c(c1)C(C)(C)CC21CC(C)(C)c2cc(C)cc(P(c3ccc(C)c(C)c3)c3ccc(C)c(C)c3)c21. The van der Waals surface area contributed by atoms with Crippen molar-refractivity contribution >= 4 is 47.7 Å². The molecule has 0 N–H and O–H groups in total. The minimum Gasteiger partial charge on any atom is -0.0584 e. The molecule has 0 saturated carbocycles. The third-order valence-electron chi connectivity index (χ3n) is 13.9. The maximum atomic E-state index is 2.62. The predicted molar refractivity (Wildman–Crippen MR) is 254 cm³/mol. The van der Waals surface area contributed by atoms with Crippen LogP contribution in [0.5, 0.6) is 0 Å². The van der Waals surface area contributed by atoms with E-state index < -0.39 is 15.8 Å². The van der Waals surface area contributed by atoms with Crippen molar-refractivity contribution in [1.29, 1.82) is 0 Å². The second kappa shape index (κ2) is 14.2. The summed E-state index contributed by atoms with van der Waals surface area (Å²) >= 11 is 0. The molecule has 57 heavy (non-hydrogen) atoms. The summed E-state index contributed by atoms with van der Waals surface area (Å²) in [5, 5.41) is 8.95. The molecule has 0 aromatic heterocycles. The Bertz CT molecular complexity index is 2310. The van der Waals surface area contributed by atoms with Crippen LogP contribution < -0.4 is 31.8 Å². The minimum absolute atomic E-state index is 0.00693. The van der Waals surface area contributed by atoms with Crippen LogP contribution in [0, 0.1) is 69.2 Å². The van der Waals surface area contributed by atoms with Crippen LogP contribution in [0.1, 0.15) is 118 Å². The molecular weight excluding hydrogens is 723 g/mol. The second-order valence-electron chi connectivity index (χ2n) is 19.4. The monoisotopic (exact) mass is 784 g/mol. The lowest BCUT2D eigenvalue weighted by Gasteiger charge is -2.36. The maximum absolute atomic E-state index is 2.62. The van der Waals surface area contributed by atoms with Gasteiger partial charge in [-0.15, -0.1) is 0 Å². The second-order valence-corrected chi connectivity index (χ2v) is 23.7. The third kappa shape index (κ3) is 6.69. The molecule has 0 heterocycles. The van der Waals surface area contributed by atoms with Crippen molar-refractivity contribution in [1.82, 2.24) is 0 Å². The fraction of sp³-hybridized carbons (Fsp3) is 0.345. The molecule has 2 aliphatic carbocycles. The first-order chi connectivity index (χ1) is 26.8. The highest BCUT2D eigenvalue weighted by molar-refractivity contribution is 7.80. The van der Waals surface area contributed by atoms with Gasteiger partial charge in [0.05, 0.1) is 0 Å². The minimum atomic E-state index is -0.855. The van der Waals surface area contributed by atoms with Crippen LogP contribution >= 0.6 is 15.8 Å². The number of benzene rings is 6. The Morgan fingerprint density at radius 1 is 0.351 bits per heavy atom. The van der Waals surface area contributed by atoms with E-state index in [2.05, 4.69) is 194 Å². The van der Waals surface area contributed by atoms with E-state index in [1.807, 2.05) is 0 Å². The van der Waals surface area contributed by atoms with Gasteiger partial charge in [0.25, 0.3) is 0 Å². The van der Waals surface area contributed by atoms with E-state index in [9.17, 15) is 0 Å². The molecule has 0 nitrogen and oxygen atoms in total. The number of hydrogen-bond donors (Lipinski definition) is 0. The molecule has 0 radical (unpaired) electrons. The predicted octanol–water partition coefficient (Wildman–Crippen LogP) is 11.9. The van der Waals surface area contributed by atoms with E-state index in [-0.39, 0.29) is 16.2 Å². The normalized spacial score (nSPS) is 16.1. The molecule has 8 rings (SSSR count). The summed E-state index contributed by atoms with van der Waals surface area (Å²) in [5.41, 5.74) is 20.0. The first-order valence-corrected chi connectivity index (χ1v) is 23.7. The topological polar surface area (TPSA) is 0 Å². The van der Waals surface area contributed by atoms with Crippen LogP contribution in [0.25, 0.3) is 0 Å². The molecule has 0 amide bonds. The summed E-state index contributed by atoms with van der Waals surface area (Å²) in [6.45, 7) is 33.1. The summed E-state index contributed by atoms with van der Waals surface area (Å²) in [6.07, 6.45) is 2.23. The number of rotatable bonds is 6. The van der Waals surface area contributed by atoms with E-state index in [4.69, 9.17) is 0 Å². The lowest BCUT2D eigenvalue weighted by Crippen LogP contribution is -2.37. The van der Waals surface area contributed by atoms with Gasteiger partial charge in [0, 0.05) is 5.41 Å². The van der Waals surface area contributed by atoms with Crippen molar-refractivity contribution in [2.45, 2.75) is 126 Å². The summed E-state index contributed by atoms with van der Waals surface area (Å²) in [5.74, 6) is 0. The molecule has 0 fully saturated rings. The average Bonchev–Trinajstić information content (AvgIpc) is 3.49. The van der Waals surface area contributed by atoms with E-state index in [1.54, 1.807) is 32.9 Å². The Morgan fingerprint density at radius 2 is 0.632 bits per heavy atom. The standard InChI is InChI=1S/C55H62P2/c1-33-23-47-51(49(25-33)56(43-19-15-35(3)39(7)27-43)44-20-16-36(4)40(8)28-44)55(31-53(47,11)12)32-54(13,14)48-24-34(2)26-50(52(48)55)57(45-21-17-37(5)41(9)29-45)46-22-18-38(6)42(10)30-46/h15-30H,31-32H2,1-14H3. The van der Waals surface area contributed by atoms with Gasteiger partial charge in [-0.05, 0) is 207 Å². The number of fused-ring (bicyclic) bond motifs is 4. The zero-order valence-corrected chi connectivity index (χ0v) is 38.8. The molecule has 2 aliphatic rings. The van der Waals surface area contributed by atoms with Gasteiger partial charge in [0.2, 0.25) is 0 Å². The highest BCUT2D eigenvalue weighted by Gasteiger charge is 2.59. The van der Waals surface area contributed by atoms with Crippen molar-refractivity contribution < 1.29 is 0 Å². The molecule has 6 aromatic rings. The highest BCUT2D eigenvalue weighted by Crippen LogP contribution is 2.64. The van der Waals surface area contributed by atoms with Crippen LogP contribution in [-0.4, -0.2) is 0 Å². The third-order valence-corrected chi connectivity index (χ3v) is 18.8. The quantitative estimate of drug-likeness (QED) is 0.148. The van der Waals surface area contributed by atoms with Crippen molar-refractivity contribution in [2.75, 3.05) is 0 Å². The van der Waals surface area contributed by atoms with Crippen LogP contribution in [0.15, 0.2) is 97.1 Å². The first-order valence-electron chi connectivity index (χ1n) is 21.0. The Hall–Kier alpha value is -3.82. The highest BCUT2D eigenvalue weighted by atomic mass is 31.1. The van der Waals surface area contributed by atoms with E-state index >= 15 is 0 Å². The summed E-state index contributed by atoms with van der Waals surface area (Å²) < 4.78 is 0.